The third-order valence-electron chi connectivity index (χ3n) is 5.74. The van der Waals surface area contributed by atoms with Crippen LogP contribution in [0.5, 0.6) is 0 Å². The van der Waals surface area contributed by atoms with E-state index in [1.807, 2.05) is 35.2 Å². The Morgan fingerprint density at radius 2 is 1.76 bits per heavy atom. The molecule has 0 radical (unpaired) electrons. The maximum Gasteiger partial charge on any atom is 0.272 e. The van der Waals surface area contributed by atoms with Crippen molar-refractivity contribution in [2.75, 3.05) is 51.6 Å². The van der Waals surface area contributed by atoms with Crippen molar-refractivity contribution in [2.45, 2.75) is 6.92 Å². The molecule has 1 saturated heterocycles. The zero-order valence-corrected chi connectivity index (χ0v) is 19.9. The molecule has 0 bridgehead atoms. The van der Waals surface area contributed by atoms with E-state index < -0.39 is 0 Å². The lowest BCUT2D eigenvalue weighted by molar-refractivity contribution is -0.118. The summed E-state index contributed by atoms with van der Waals surface area (Å²) < 4.78 is 2.06. The van der Waals surface area contributed by atoms with Crippen LogP contribution >= 0.6 is 11.3 Å². The van der Waals surface area contributed by atoms with Crippen LogP contribution in [-0.4, -0.2) is 77.5 Å². The van der Waals surface area contributed by atoms with Gasteiger partial charge in [0.15, 0.2) is 0 Å². The molecule has 174 valence electrons. The van der Waals surface area contributed by atoms with Crippen LogP contribution < -0.4 is 16.2 Å². The topological polar surface area (TPSA) is 99.6 Å². The number of fused-ring (bicyclic) bond motifs is 1. The molecule has 0 aliphatic carbocycles. The predicted octanol–water partition coefficient (Wildman–Crippen LogP) is 1.60. The number of thiophene rings is 1. The van der Waals surface area contributed by atoms with Crippen molar-refractivity contribution < 1.29 is 9.59 Å². The summed E-state index contributed by atoms with van der Waals surface area (Å²) in [5.41, 5.74) is 2.11. The van der Waals surface area contributed by atoms with E-state index in [1.165, 1.54) is 22.8 Å². The first kappa shape index (κ1) is 22.9. The monoisotopic (exact) mass is 468 g/mol. The van der Waals surface area contributed by atoms with Gasteiger partial charge < -0.3 is 20.4 Å². The Morgan fingerprint density at radius 3 is 2.42 bits per heavy atom. The number of carbonyl (C=O) groups excluding carboxylic acids is 2. The maximum atomic E-state index is 12.8. The quantitative estimate of drug-likeness (QED) is 0.533. The molecule has 1 aliphatic heterocycles. The Labute approximate surface area is 196 Å². The highest BCUT2D eigenvalue weighted by Crippen LogP contribution is 2.31. The lowest BCUT2D eigenvalue weighted by atomic mass is 10.1. The van der Waals surface area contributed by atoms with Crippen LogP contribution in [0, 0.1) is 0 Å². The van der Waals surface area contributed by atoms with Gasteiger partial charge in [-0.2, -0.15) is 0 Å². The average Bonchev–Trinajstić information content (AvgIpc) is 3.24. The number of carbonyl (C=O) groups is 2. The Kier molecular flexibility index (Phi) is 6.75. The number of rotatable bonds is 6. The third-order valence-corrected chi connectivity index (χ3v) is 6.91. The van der Waals surface area contributed by atoms with Gasteiger partial charge in [-0.1, -0.05) is 12.1 Å². The van der Waals surface area contributed by atoms with Crippen molar-refractivity contribution in [1.82, 2.24) is 24.7 Å². The fourth-order valence-electron chi connectivity index (χ4n) is 3.74. The van der Waals surface area contributed by atoms with E-state index in [0.717, 1.165) is 36.6 Å². The van der Waals surface area contributed by atoms with Gasteiger partial charge in [0.1, 0.15) is 4.70 Å². The van der Waals surface area contributed by atoms with Gasteiger partial charge in [-0.3, -0.25) is 19.0 Å². The lowest BCUT2D eigenvalue weighted by Gasteiger charge is -2.32. The largest absolute Gasteiger partial charge is 0.355 e. The van der Waals surface area contributed by atoms with E-state index in [9.17, 15) is 14.4 Å². The summed E-state index contributed by atoms with van der Waals surface area (Å²) in [6, 6.07) is 9.44. The van der Waals surface area contributed by atoms with Crippen LogP contribution in [0.15, 0.2) is 35.1 Å². The number of anilines is 1. The van der Waals surface area contributed by atoms with Gasteiger partial charge in [-0.15, -0.1) is 11.3 Å². The Hall–Kier alpha value is -3.24. The number of amides is 2. The fourth-order valence-corrected chi connectivity index (χ4v) is 4.82. The molecule has 1 aromatic carbocycles. The molecule has 10 heteroatoms. The molecule has 33 heavy (non-hydrogen) atoms. The highest BCUT2D eigenvalue weighted by molar-refractivity contribution is 7.22. The summed E-state index contributed by atoms with van der Waals surface area (Å²) in [5.74, 6) is 0.402. The number of aromatic nitrogens is 2. The maximum absolute atomic E-state index is 12.8. The zero-order valence-electron chi connectivity index (χ0n) is 19.1. The van der Waals surface area contributed by atoms with Gasteiger partial charge >= 0.3 is 0 Å². The van der Waals surface area contributed by atoms with Crippen LogP contribution in [0.25, 0.3) is 20.7 Å². The first-order valence-corrected chi connectivity index (χ1v) is 11.7. The van der Waals surface area contributed by atoms with Crippen molar-refractivity contribution in [3.8, 4) is 10.4 Å². The second-order valence-corrected chi connectivity index (χ2v) is 9.26. The number of piperazine rings is 1. The highest BCUT2D eigenvalue weighted by atomic mass is 32.1. The minimum atomic E-state index is -0.125. The third kappa shape index (κ3) is 5.07. The van der Waals surface area contributed by atoms with Crippen LogP contribution in [0.1, 0.15) is 17.3 Å². The van der Waals surface area contributed by atoms with Gasteiger partial charge in [-0.05, 0) is 30.8 Å². The number of benzene rings is 1. The summed E-state index contributed by atoms with van der Waals surface area (Å²) in [5, 5.41) is 5.80. The van der Waals surface area contributed by atoms with Crippen molar-refractivity contribution in [3.63, 3.8) is 0 Å². The molecule has 2 aromatic heterocycles. The molecule has 3 aromatic rings. The zero-order chi connectivity index (χ0) is 23.5. The van der Waals surface area contributed by atoms with E-state index in [2.05, 4.69) is 27.6 Å². The molecule has 1 aliphatic rings. The van der Waals surface area contributed by atoms with Crippen molar-refractivity contribution >= 4 is 39.3 Å². The van der Waals surface area contributed by atoms with Gasteiger partial charge in [0.25, 0.3) is 11.5 Å². The molecule has 0 saturated carbocycles. The van der Waals surface area contributed by atoms with E-state index in [-0.39, 0.29) is 17.4 Å². The normalized spacial score (nSPS) is 14.5. The summed E-state index contributed by atoms with van der Waals surface area (Å²) in [6.07, 6.45) is 0. The molecule has 2 N–H and O–H groups in total. The Bertz CT molecular complexity index is 1230. The molecular formula is C23H28N6O3S. The Balaban J connectivity index is 1.52. The second kappa shape index (κ2) is 9.72. The number of nitrogens with one attached hydrogen (secondary N) is 2. The van der Waals surface area contributed by atoms with E-state index >= 15 is 0 Å². The van der Waals surface area contributed by atoms with Crippen LogP contribution in [-0.2, 0) is 11.8 Å². The van der Waals surface area contributed by atoms with E-state index in [0.29, 0.717) is 34.8 Å². The van der Waals surface area contributed by atoms with Crippen LogP contribution in [0.2, 0.25) is 0 Å². The summed E-state index contributed by atoms with van der Waals surface area (Å²) >= 11 is 1.39. The SMILES string of the molecule is CC(=O)NCCNc1nc2cc(-c3ccc(C(=O)N4CCN(C)CC4)cc3)sc2c(=O)n1C. The van der Waals surface area contributed by atoms with Gasteiger partial charge in [-0.25, -0.2) is 4.98 Å². The van der Waals surface area contributed by atoms with Crippen molar-refractivity contribution in [3.05, 3.63) is 46.2 Å². The minimum Gasteiger partial charge on any atom is -0.355 e. The standard InChI is InChI=1S/C23H28N6O3S/c1-15(30)24-8-9-25-23-26-18-14-19(33-20(18)22(32)28(23)3)16-4-6-17(7-5-16)21(31)29-12-10-27(2)11-13-29/h4-7,14H,8-13H2,1-3H3,(H,24,30)(H,25,26). The van der Waals surface area contributed by atoms with E-state index in [1.54, 1.807) is 7.05 Å². The number of hydrogen-bond acceptors (Lipinski definition) is 7. The first-order valence-electron chi connectivity index (χ1n) is 10.9. The van der Waals surface area contributed by atoms with Gasteiger partial charge in [0, 0.05) is 63.7 Å². The van der Waals surface area contributed by atoms with Crippen molar-refractivity contribution in [2.24, 2.45) is 7.05 Å². The summed E-state index contributed by atoms with van der Waals surface area (Å²) in [6.45, 7) is 5.62. The first-order chi connectivity index (χ1) is 15.8. The molecule has 0 spiro atoms. The molecule has 4 rings (SSSR count). The molecule has 1 fully saturated rings. The Morgan fingerprint density at radius 1 is 1.06 bits per heavy atom. The molecule has 2 amide bonds. The molecular weight excluding hydrogens is 440 g/mol. The molecule has 0 unspecified atom stereocenters. The molecule has 3 heterocycles. The molecule has 9 nitrogen and oxygen atoms in total. The highest BCUT2D eigenvalue weighted by Gasteiger charge is 2.20. The predicted molar refractivity (Wildman–Crippen MR) is 131 cm³/mol. The summed E-state index contributed by atoms with van der Waals surface area (Å²) in [4.78, 5) is 46.3. The average molecular weight is 469 g/mol. The number of nitrogens with zero attached hydrogens (tertiary/aromatic N) is 4. The van der Waals surface area contributed by atoms with E-state index in [4.69, 9.17) is 0 Å². The number of hydrogen-bond donors (Lipinski definition) is 2. The second-order valence-electron chi connectivity index (χ2n) is 8.21. The lowest BCUT2D eigenvalue weighted by Crippen LogP contribution is -2.47. The van der Waals surface area contributed by atoms with Crippen LogP contribution in [0.4, 0.5) is 5.95 Å². The molecule has 0 atom stereocenters. The number of likely N-dealkylation sites (N-methyl/N-ethyl adjacent to an activating group) is 1. The smallest absolute Gasteiger partial charge is 0.272 e. The van der Waals surface area contributed by atoms with Gasteiger partial charge in [0.2, 0.25) is 11.9 Å². The fraction of sp³-hybridized carbons (Fsp3) is 0.391. The minimum absolute atomic E-state index is 0.0523. The van der Waals surface area contributed by atoms with Gasteiger partial charge in [0.05, 0.1) is 5.52 Å². The van der Waals surface area contributed by atoms with Crippen LogP contribution in [0.3, 0.4) is 0 Å². The van der Waals surface area contributed by atoms with Crippen molar-refractivity contribution in [1.29, 1.82) is 0 Å². The summed E-state index contributed by atoms with van der Waals surface area (Å²) in [7, 11) is 3.74.